The van der Waals surface area contributed by atoms with Crippen molar-refractivity contribution in [2.45, 2.75) is 38.1 Å². The van der Waals surface area contributed by atoms with E-state index in [4.69, 9.17) is 4.74 Å². The lowest BCUT2D eigenvalue weighted by molar-refractivity contribution is -0.152. The predicted molar refractivity (Wildman–Crippen MR) is 92.5 cm³/mol. The molecule has 1 aromatic rings. The third-order valence-electron chi connectivity index (χ3n) is 5.38. The summed E-state index contributed by atoms with van der Waals surface area (Å²) in [5.74, 6) is -1.01. The predicted octanol–water partition coefficient (Wildman–Crippen LogP) is 2.82. The summed E-state index contributed by atoms with van der Waals surface area (Å²) in [5.41, 5.74) is 0.508. The minimum absolute atomic E-state index is 0.0669. The van der Waals surface area contributed by atoms with E-state index in [-0.39, 0.29) is 35.6 Å². The normalized spacial score (nSPS) is 24.2. The van der Waals surface area contributed by atoms with E-state index in [1.54, 1.807) is 18.2 Å². The number of halogens is 1. The number of methoxy groups -OCH3 is 1. The number of ether oxygens (including phenoxy) is 1. The number of carbonyl (C=O) groups is 2. The van der Waals surface area contributed by atoms with Crippen LogP contribution >= 0.6 is 0 Å². The molecule has 3 rings (SSSR count). The van der Waals surface area contributed by atoms with Crippen molar-refractivity contribution < 1.29 is 18.7 Å². The van der Waals surface area contributed by atoms with Gasteiger partial charge in [0.2, 0.25) is 5.91 Å². The van der Waals surface area contributed by atoms with Gasteiger partial charge in [0, 0.05) is 19.1 Å². The standard InChI is InChI=1S/C19H25FN2O3/c1-25-19(24)15-6-4-5-14(15)18(23)22-11-9-13(10-12-22)21-17-8-3-2-7-16(17)20/h2-3,7-8,13-15,21H,4-6,9-12H2,1H3/t14-,15+/m0/s1. The van der Waals surface area contributed by atoms with Crippen molar-refractivity contribution >= 4 is 17.6 Å². The van der Waals surface area contributed by atoms with E-state index in [2.05, 4.69) is 5.32 Å². The van der Waals surface area contributed by atoms with Gasteiger partial charge >= 0.3 is 5.97 Å². The first-order chi connectivity index (χ1) is 12.1. The highest BCUT2D eigenvalue weighted by Crippen LogP contribution is 2.34. The van der Waals surface area contributed by atoms with Crippen molar-refractivity contribution in [3.63, 3.8) is 0 Å². The van der Waals surface area contributed by atoms with Crippen molar-refractivity contribution in [3.05, 3.63) is 30.1 Å². The van der Waals surface area contributed by atoms with E-state index in [9.17, 15) is 14.0 Å². The fourth-order valence-electron chi connectivity index (χ4n) is 3.97. The Balaban J connectivity index is 1.54. The van der Waals surface area contributed by atoms with Crippen LogP contribution in [-0.2, 0) is 14.3 Å². The molecule has 1 saturated carbocycles. The third kappa shape index (κ3) is 3.94. The lowest BCUT2D eigenvalue weighted by atomic mass is 9.93. The molecule has 5 nitrogen and oxygen atoms in total. The Kier molecular flexibility index (Phi) is 5.56. The van der Waals surface area contributed by atoms with Gasteiger partial charge in [0.25, 0.3) is 0 Å². The summed E-state index contributed by atoms with van der Waals surface area (Å²) in [6.45, 7) is 1.27. The van der Waals surface area contributed by atoms with Gasteiger partial charge in [-0.1, -0.05) is 18.6 Å². The first kappa shape index (κ1) is 17.7. The van der Waals surface area contributed by atoms with Gasteiger partial charge in [0.1, 0.15) is 5.82 Å². The summed E-state index contributed by atoms with van der Waals surface area (Å²) >= 11 is 0. The summed E-state index contributed by atoms with van der Waals surface area (Å²) in [6, 6.07) is 6.79. The number of nitrogens with zero attached hydrogens (tertiary/aromatic N) is 1. The number of benzene rings is 1. The van der Waals surface area contributed by atoms with E-state index in [1.807, 2.05) is 4.90 Å². The molecule has 1 aliphatic heterocycles. The van der Waals surface area contributed by atoms with Gasteiger partial charge in [0.05, 0.1) is 24.6 Å². The summed E-state index contributed by atoms with van der Waals surface area (Å²) < 4.78 is 18.6. The Hall–Kier alpha value is -2.11. The van der Waals surface area contributed by atoms with Gasteiger partial charge in [-0.2, -0.15) is 0 Å². The van der Waals surface area contributed by atoms with E-state index in [0.717, 1.165) is 32.1 Å². The molecule has 0 bridgehead atoms. The number of anilines is 1. The monoisotopic (exact) mass is 348 g/mol. The molecule has 1 amide bonds. The summed E-state index contributed by atoms with van der Waals surface area (Å²) in [5, 5.41) is 3.23. The zero-order chi connectivity index (χ0) is 17.8. The summed E-state index contributed by atoms with van der Waals surface area (Å²) in [4.78, 5) is 26.5. The number of para-hydroxylation sites is 1. The van der Waals surface area contributed by atoms with E-state index in [0.29, 0.717) is 18.8 Å². The fraction of sp³-hybridized carbons (Fsp3) is 0.579. The van der Waals surface area contributed by atoms with Crippen molar-refractivity contribution in [1.82, 2.24) is 4.90 Å². The lowest BCUT2D eigenvalue weighted by Crippen LogP contribution is -2.46. The van der Waals surface area contributed by atoms with Gasteiger partial charge in [-0.3, -0.25) is 9.59 Å². The number of hydrogen-bond donors (Lipinski definition) is 1. The van der Waals surface area contributed by atoms with Crippen LogP contribution in [0, 0.1) is 17.7 Å². The van der Waals surface area contributed by atoms with Gasteiger partial charge in [-0.05, 0) is 37.8 Å². The second kappa shape index (κ2) is 7.85. The maximum atomic E-state index is 13.7. The summed E-state index contributed by atoms with van der Waals surface area (Å²) in [6.07, 6.45) is 3.92. The van der Waals surface area contributed by atoms with Gasteiger partial charge in [-0.25, -0.2) is 4.39 Å². The molecule has 2 atom stereocenters. The zero-order valence-corrected chi connectivity index (χ0v) is 14.5. The Bertz CT molecular complexity index is 629. The SMILES string of the molecule is COC(=O)[C@@H]1CCC[C@@H]1C(=O)N1CCC(Nc2ccccc2F)CC1. The van der Waals surface area contributed by atoms with Crippen molar-refractivity contribution in [2.24, 2.45) is 11.8 Å². The Morgan fingerprint density at radius 2 is 1.80 bits per heavy atom. The zero-order valence-electron chi connectivity index (χ0n) is 14.5. The van der Waals surface area contributed by atoms with Crippen LogP contribution < -0.4 is 5.32 Å². The first-order valence-electron chi connectivity index (χ1n) is 8.98. The van der Waals surface area contributed by atoms with Crippen LogP contribution in [0.3, 0.4) is 0 Å². The van der Waals surface area contributed by atoms with Crippen molar-refractivity contribution in [3.8, 4) is 0 Å². The number of esters is 1. The molecular formula is C19H25FN2O3. The maximum Gasteiger partial charge on any atom is 0.309 e. The van der Waals surface area contributed by atoms with Crippen LogP contribution in [0.2, 0.25) is 0 Å². The van der Waals surface area contributed by atoms with Gasteiger partial charge < -0.3 is 15.0 Å². The summed E-state index contributed by atoms with van der Waals surface area (Å²) in [7, 11) is 1.38. The molecule has 136 valence electrons. The Morgan fingerprint density at radius 3 is 2.48 bits per heavy atom. The largest absolute Gasteiger partial charge is 0.469 e. The highest BCUT2D eigenvalue weighted by Gasteiger charge is 2.40. The van der Waals surface area contributed by atoms with E-state index >= 15 is 0 Å². The van der Waals surface area contributed by atoms with Crippen LogP contribution in [0.15, 0.2) is 24.3 Å². The maximum absolute atomic E-state index is 13.7. The Morgan fingerprint density at radius 1 is 1.12 bits per heavy atom. The molecule has 2 fully saturated rings. The van der Waals surface area contributed by atoms with Crippen molar-refractivity contribution in [1.29, 1.82) is 0 Å². The van der Waals surface area contributed by atoms with Crippen LogP contribution in [0.1, 0.15) is 32.1 Å². The molecule has 1 heterocycles. The molecule has 1 aromatic carbocycles. The number of piperidine rings is 1. The van der Waals surface area contributed by atoms with Crippen LogP contribution in [-0.4, -0.2) is 43.0 Å². The molecule has 1 aliphatic carbocycles. The molecule has 0 spiro atoms. The molecular weight excluding hydrogens is 323 g/mol. The average molecular weight is 348 g/mol. The third-order valence-corrected chi connectivity index (χ3v) is 5.38. The molecule has 0 unspecified atom stereocenters. The molecule has 25 heavy (non-hydrogen) atoms. The van der Waals surface area contributed by atoms with Crippen LogP contribution in [0.4, 0.5) is 10.1 Å². The number of hydrogen-bond acceptors (Lipinski definition) is 4. The van der Waals surface area contributed by atoms with Gasteiger partial charge in [-0.15, -0.1) is 0 Å². The minimum Gasteiger partial charge on any atom is -0.469 e. The topological polar surface area (TPSA) is 58.6 Å². The number of likely N-dealkylation sites (tertiary alicyclic amines) is 1. The molecule has 0 radical (unpaired) electrons. The second-order valence-electron chi connectivity index (χ2n) is 6.89. The van der Waals surface area contributed by atoms with E-state index < -0.39 is 0 Å². The first-order valence-corrected chi connectivity index (χ1v) is 8.98. The number of rotatable bonds is 4. The lowest BCUT2D eigenvalue weighted by Gasteiger charge is -2.35. The number of carbonyl (C=O) groups excluding carboxylic acids is 2. The van der Waals surface area contributed by atoms with Crippen molar-refractivity contribution in [2.75, 3.05) is 25.5 Å². The molecule has 0 aromatic heterocycles. The van der Waals surface area contributed by atoms with E-state index in [1.165, 1.54) is 13.2 Å². The van der Waals surface area contributed by atoms with Crippen LogP contribution in [0.5, 0.6) is 0 Å². The minimum atomic E-state index is -0.299. The number of amides is 1. The van der Waals surface area contributed by atoms with Crippen LogP contribution in [0.25, 0.3) is 0 Å². The number of nitrogens with one attached hydrogen (secondary N) is 1. The fourth-order valence-corrected chi connectivity index (χ4v) is 3.97. The highest BCUT2D eigenvalue weighted by molar-refractivity contribution is 5.86. The Labute approximate surface area is 147 Å². The highest BCUT2D eigenvalue weighted by atomic mass is 19.1. The second-order valence-corrected chi connectivity index (χ2v) is 6.89. The average Bonchev–Trinajstić information content (AvgIpc) is 3.13. The molecule has 1 saturated heterocycles. The molecule has 6 heteroatoms. The van der Waals surface area contributed by atoms with Gasteiger partial charge in [0.15, 0.2) is 0 Å². The molecule has 1 N–H and O–H groups in total. The molecule has 2 aliphatic rings. The quantitative estimate of drug-likeness (QED) is 0.850. The smallest absolute Gasteiger partial charge is 0.309 e.